The van der Waals surface area contributed by atoms with Crippen LogP contribution in [-0.4, -0.2) is 23.2 Å². The van der Waals surface area contributed by atoms with Crippen molar-refractivity contribution in [2.75, 3.05) is 12.1 Å². The first-order chi connectivity index (χ1) is 9.72. The quantitative estimate of drug-likeness (QED) is 0.924. The topological polar surface area (TPSA) is 47.6 Å². The summed E-state index contributed by atoms with van der Waals surface area (Å²) in [5.74, 6) is 1.48. The third-order valence-electron chi connectivity index (χ3n) is 3.71. The molecule has 20 heavy (non-hydrogen) atoms. The lowest BCUT2D eigenvalue weighted by molar-refractivity contribution is -0.115. The smallest absolute Gasteiger partial charge is 0.237 e. The number of benzene rings is 1. The molecule has 0 aromatic heterocycles. The highest BCUT2D eigenvalue weighted by atomic mass is 32.2. The summed E-state index contributed by atoms with van der Waals surface area (Å²) in [5.41, 5.74) is 0.762. The third kappa shape index (κ3) is 3.03. The number of thioether (sulfide) groups is 1. The Bertz CT molecular complexity index is 500. The highest BCUT2D eigenvalue weighted by Crippen LogP contribution is 2.35. The molecule has 1 fully saturated rings. The maximum absolute atomic E-state index is 12.2. The van der Waals surface area contributed by atoms with Crippen molar-refractivity contribution in [3.63, 3.8) is 0 Å². The molecule has 1 heterocycles. The molecule has 1 atom stereocenters. The summed E-state index contributed by atoms with van der Waals surface area (Å²) in [6, 6.07) is 5.48. The Balaban J connectivity index is 1.57. The van der Waals surface area contributed by atoms with Crippen LogP contribution in [0.5, 0.6) is 11.5 Å². The summed E-state index contributed by atoms with van der Waals surface area (Å²) in [7, 11) is 0. The number of rotatable bonds is 4. The molecular weight excluding hydrogens is 274 g/mol. The van der Waals surface area contributed by atoms with Gasteiger partial charge in [0, 0.05) is 17.0 Å². The molecule has 1 aromatic carbocycles. The van der Waals surface area contributed by atoms with Crippen molar-refractivity contribution in [1.82, 2.24) is 0 Å². The molecule has 0 bridgehead atoms. The summed E-state index contributed by atoms with van der Waals surface area (Å²) >= 11 is 1.79. The number of nitrogens with one attached hydrogen (secondary N) is 1. The van der Waals surface area contributed by atoms with Crippen LogP contribution in [0.25, 0.3) is 0 Å². The molecule has 1 saturated carbocycles. The summed E-state index contributed by atoms with van der Waals surface area (Å²) in [6.07, 6.45) is 5.08. The van der Waals surface area contributed by atoms with Gasteiger partial charge in [-0.05, 0) is 31.9 Å². The summed E-state index contributed by atoms with van der Waals surface area (Å²) < 4.78 is 10.6. The second-order valence-corrected chi connectivity index (χ2v) is 6.89. The van der Waals surface area contributed by atoms with E-state index in [2.05, 4.69) is 5.32 Å². The number of carbonyl (C=O) groups is 1. The lowest BCUT2D eigenvalue weighted by Gasteiger charge is -2.16. The molecule has 1 amide bonds. The normalized spacial score (nSPS) is 19.1. The van der Waals surface area contributed by atoms with Crippen molar-refractivity contribution in [2.24, 2.45) is 0 Å². The van der Waals surface area contributed by atoms with Gasteiger partial charge in [-0.2, -0.15) is 0 Å². The van der Waals surface area contributed by atoms with Crippen LogP contribution in [0.1, 0.15) is 32.6 Å². The Kier molecular flexibility index (Phi) is 4.05. The molecule has 4 nitrogen and oxygen atoms in total. The first-order valence-electron chi connectivity index (χ1n) is 7.08. The number of fused-ring (bicyclic) bond motifs is 1. The van der Waals surface area contributed by atoms with Gasteiger partial charge in [0.25, 0.3) is 0 Å². The van der Waals surface area contributed by atoms with Gasteiger partial charge in [0.05, 0.1) is 5.25 Å². The summed E-state index contributed by atoms with van der Waals surface area (Å²) in [6.45, 7) is 2.23. The van der Waals surface area contributed by atoms with Gasteiger partial charge in [-0.1, -0.05) is 12.8 Å². The Morgan fingerprint density at radius 2 is 2.05 bits per heavy atom. The minimum atomic E-state index is -0.0245. The van der Waals surface area contributed by atoms with E-state index < -0.39 is 0 Å². The van der Waals surface area contributed by atoms with Crippen LogP contribution < -0.4 is 14.8 Å². The zero-order valence-electron chi connectivity index (χ0n) is 11.6. The van der Waals surface area contributed by atoms with E-state index in [0.29, 0.717) is 11.0 Å². The average molecular weight is 293 g/mol. The lowest BCUT2D eigenvalue weighted by Crippen LogP contribution is -2.24. The lowest BCUT2D eigenvalue weighted by atomic mass is 10.2. The Labute approximate surface area is 123 Å². The van der Waals surface area contributed by atoms with Crippen molar-refractivity contribution in [3.8, 4) is 11.5 Å². The van der Waals surface area contributed by atoms with Gasteiger partial charge >= 0.3 is 0 Å². The molecule has 1 aromatic rings. The van der Waals surface area contributed by atoms with E-state index in [0.717, 1.165) is 11.4 Å². The SMILES string of the molecule is CC(SC1CCCC1)C(=O)Nc1ccc2c(c1)OCO2. The molecule has 0 radical (unpaired) electrons. The van der Waals surface area contributed by atoms with Gasteiger partial charge in [-0.3, -0.25) is 4.79 Å². The van der Waals surface area contributed by atoms with Gasteiger partial charge in [0.1, 0.15) is 0 Å². The van der Waals surface area contributed by atoms with E-state index in [4.69, 9.17) is 9.47 Å². The molecular formula is C15H19NO3S. The maximum Gasteiger partial charge on any atom is 0.237 e. The van der Waals surface area contributed by atoms with E-state index in [1.807, 2.05) is 25.1 Å². The average Bonchev–Trinajstić information content (AvgIpc) is 3.08. The second-order valence-electron chi connectivity index (χ2n) is 5.24. The van der Waals surface area contributed by atoms with Gasteiger partial charge in [0.15, 0.2) is 11.5 Å². The number of hydrogen-bond acceptors (Lipinski definition) is 4. The predicted octanol–water partition coefficient (Wildman–Crippen LogP) is 3.42. The molecule has 108 valence electrons. The highest BCUT2D eigenvalue weighted by Gasteiger charge is 2.23. The van der Waals surface area contributed by atoms with Crippen LogP contribution in [0.15, 0.2) is 18.2 Å². The minimum Gasteiger partial charge on any atom is -0.454 e. The molecule has 1 aliphatic heterocycles. The predicted molar refractivity (Wildman–Crippen MR) is 80.5 cm³/mol. The zero-order valence-corrected chi connectivity index (χ0v) is 12.4. The van der Waals surface area contributed by atoms with Gasteiger partial charge in [-0.25, -0.2) is 0 Å². The molecule has 1 aliphatic carbocycles. The molecule has 5 heteroatoms. The maximum atomic E-state index is 12.2. The Morgan fingerprint density at radius 3 is 2.85 bits per heavy atom. The van der Waals surface area contributed by atoms with Crippen LogP contribution >= 0.6 is 11.8 Å². The summed E-state index contributed by atoms with van der Waals surface area (Å²) in [5, 5.41) is 3.57. The van der Waals surface area contributed by atoms with Gasteiger partial charge in [-0.15, -0.1) is 11.8 Å². The third-order valence-corrected chi connectivity index (χ3v) is 5.19. The zero-order chi connectivity index (χ0) is 13.9. The standard InChI is InChI=1S/C15H19NO3S/c1-10(20-12-4-2-3-5-12)15(17)16-11-6-7-13-14(8-11)19-9-18-13/h6-8,10,12H,2-5,9H2,1H3,(H,16,17). The van der Waals surface area contributed by atoms with E-state index in [1.54, 1.807) is 11.8 Å². The van der Waals surface area contributed by atoms with Crippen molar-refractivity contribution >= 4 is 23.4 Å². The first kappa shape index (κ1) is 13.6. The molecule has 1 N–H and O–H groups in total. The van der Waals surface area contributed by atoms with E-state index in [1.165, 1.54) is 25.7 Å². The van der Waals surface area contributed by atoms with Crippen molar-refractivity contribution in [2.45, 2.75) is 43.1 Å². The molecule has 2 aliphatic rings. The second kappa shape index (κ2) is 5.95. The number of anilines is 1. The molecule has 3 rings (SSSR count). The highest BCUT2D eigenvalue weighted by molar-refractivity contribution is 8.01. The number of hydrogen-bond donors (Lipinski definition) is 1. The minimum absolute atomic E-state index is 0.0245. The van der Waals surface area contributed by atoms with Crippen molar-refractivity contribution in [1.29, 1.82) is 0 Å². The fourth-order valence-corrected chi connectivity index (χ4v) is 3.96. The van der Waals surface area contributed by atoms with Crippen molar-refractivity contribution < 1.29 is 14.3 Å². The van der Waals surface area contributed by atoms with Crippen LogP contribution in [0, 0.1) is 0 Å². The Hall–Kier alpha value is -1.36. The van der Waals surface area contributed by atoms with E-state index >= 15 is 0 Å². The van der Waals surface area contributed by atoms with Crippen LogP contribution in [-0.2, 0) is 4.79 Å². The van der Waals surface area contributed by atoms with E-state index in [-0.39, 0.29) is 18.0 Å². The number of ether oxygens (including phenoxy) is 2. The largest absolute Gasteiger partial charge is 0.454 e. The fraction of sp³-hybridized carbons (Fsp3) is 0.533. The van der Waals surface area contributed by atoms with E-state index in [9.17, 15) is 4.79 Å². The first-order valence-corrected chi connectivity index (χ1v) is 8.02. The van der Waals surface area contributed by atoms with Crippen LogP contribution in [0.4, 0.5) is 5.69 Å². The fourth-order valence-electron chi connectivity index (χ4n) is 2.59. The van der Waals surface area contributed by atoms with Crippen LogP contribution in [0.3, 0.4) is 0 Å². The number of carbonyl (C=O) groups excluding carboxylic acids is 1. The molecule has 0 saturated heterocycles. The van der Waals surface area contributed by atoms with Crippen molar-refractivity contribution in [3.05, 3.63) is 18.2 Å². The molecule has 0 spiro atoms. The number of amides is 1. The monoisotopic (exact) mass is 293 g/mol. The molecule has 1 unspecified atom stereocenters. The van der Waals surface area contributed by atoms with Gasteiger partial charge in [0.2, 0.25) is 12.7 Å². The van der Waals surface area contributed by atoms with Gasteiger partial charge < -0.3 is 14.8 Å². The summed E-state index contributed by atoms with van der Waals surface area (Å²) in [4.78, 5) is 12.2. The van der Waals surface area contributed by atoms with Crippen LogP contribution in [0.2, 0.25) is 0 Å². The Morgan fingerprint density at radius 1 is 1.30 bits per heavy atom.